The predicted molar refractivity (Wildman–Crippen MR) is 55.7 cm³/mol. The Morgan fingerprint density at radius 1 is 1.17 bits per heavy atom. The maximum atomic E-state index is 3.75. The van der Waals surface area contributed by atoms with Crippen LogP contribution in [-0.4, -0.2) is 29.9 Å². The summed E-state index contributed by atoms with van der Waals surface area (Å²) in [5.41, 5.74) is 0. The van der Waals surface area contributed by atoms with Crippen LogP contribution in [0.4, 0.5) is 0 Å². The smallest absolute Gasteiger partial charge is 0.0149 e. The Hall–Kier alpha value is 0.440. The van der Waals surface area contributed by atoms with Gasteiger partial charge in [0.2, 0.25) is 0 Å². The highest BCUT2D eigenvalue weighted by atomic mass is 79.9. The summed E-state index contributed by atoms with van der Waals surface area (Å²) < 4.78 is 0. The summed E-state index contributed by atoms with van der Waals surface area (Å²) in [7, 11) is 2.26. The zero-order valence-electron chi connectivity index (χ0n) is 7.80. The molecule has 0 spiro atoms. The van der Waals surface area contributed by atoms with Crippen molar-refractivity contribution in [2.45, 2.75) is 30.5 Å². The molecule has 0 aromatic rings. The lowest BCUT2D eigenvalue weighted by molar-refractivity contribution is 0.108. The van der Waals surface area contributed by atoms with Crippen molar-refractivity contribution >= 4 is 15.9 Å². The van der Waals surface area contributed by atoms with Gasteiger partial charge in [-0.2, -0.15) is 0 Å². The molecular formula is C10H18BrN. The van der Waals surface area contributed by atoms with Gasteiger partial charge in [0, 0.05) is 11.4 Å². The maximum absolute atomic E-state index is 3.75. The third kappa shape index (κ3) is 1.85. The van der Waals surface area contributed by atoms with Crippen LogP contribution in [0.1, 0.15) is 25.7 Å². The second-order valence-electron chi connectivity index (χ2n) is 4.48. The Bertz CT molecular complexity index is 144. The number of hydrogen-bond acceptors (Lipinski definition) is 1. The van der Waals surface area contributed by atoms with Gasteiger partial charge in [0.05, 0.1) is 0 Å². The number of likely N-dealkylation sites (tertiary alicyclic amines) is 1. The van der Waals surface area contributed by atoms with E-state index in [0.29, 0.717) is 0 Å². The number of piperidine rings is 1. The second kappa shape index (κ2) is 3.67. The van der Waals surface area contributed by atoms with Crippen molar-refractivity contribution < 1.29 is 0 Å². The molecule has 0 bridgehead atoms. The first-order valence-corrected chi connectivity index (χ1v) is 6.00. The number of hydrogen-bond donors (Lipinski definition) is 0. The second-order valence-corrected chi connectivity index (χ2v) is 5.78. The van der Waals surface area contributed by atoms with Gasteiger partial charge >= 0.3 is 0 Å². The van der Waals surface area contributed by atoms with E-state index in [9.17, 15) is 0 Å². The number of rotatable bonds is 0. The first kappa shape index (κ1) is 9.01. The minimum absolute atomic E-state index is 0.810. The van der Waals surface area contributed by atoms with E-state index in [0.717, 1.165) is 16.7 Å². The largest absolute Gasteiger partial charge is 0.306 e. The summed E-state index contributed by atoms with van der Waals surface area (Å²) in [6, 6.07) is 0. The van der Waals surface area contributed by atoms with Gasteiger partial charge < -0.3 is 4.90 Å². The standard InChI is InChI=1S/C10H18BrN/c1-12-5-4-8-2-3-10(11)6-9(8)7-12/h8-10H,2-7H2,1H3/t8-,9-,10+/m0/s1. The summed E-state index contributed by atoms with van der Waals surface area (Å²) in [6.07, 6.45) is 5.73. The van der Waals surface area contributed by atoms with Crippen LogP contribution in [0.3, 0.4) is 0 Å². The normalized spacial score (nSPS) is 44.0. The van der Waals surface area contributed by atoms with Gasteiger partial charge in [0.25, 0.3) is 0 Å². The number of halogens is 1. The fourth-order valence-corrected chi connectivity index (χ4v) is 3.50. The Morgan fingerprint density at radius 2 is 2.00 bits per heavy atom. The molecule has 70 valence electrons. The molecule has 1 aliphatic carbocycles. The van der Waals surface area contributed by atoms with E-state index in [2.05, 4.69) is 27.9 Å². The Morgan fingerprint density at radius 3 is 2.83 bits per heavy atom. The highest BCUT2D eigenvalue weighted by molar-refractivity contribution is 9.09. The van der Waals surface area contributed by atoms with Gasteiger partial charge in [0.15, 0.2) is 0 Å². The zero-order valence-corrected chi connectivity index (χ0v) is 9.39. The van der Waals surface area contributed by atoms with E-state index in [1.807, 2.05) is 0 Å². The molecule has 2 heteroatoms. The van der Waals surface area contributed by atoms with Crippen molar-refractivity contribution in [1.82, 2.24) is 4.90 Å². The van der Waals surface area contributed by atoms with Crippen molar-refractivity contribution in [2.75, 3.05) is 20.1 Å². The minimum Gasteiger partial charge on any atom is -0.306 e. The van der Waals surface area contributed by atoms with E-state index in [4.69, 9.17) is 0 Å². The predicted octanol–water partition coefficient (Wildman–Crippen LogP) is 2.50. The van der Waals surface area contributed by atoms with Crippen LogP contribution < -0.4 is 0 Å². The van der Waals surface area contributed by atoms with Crippen LogP contribution in [-0.2, 0) is 0 Å². The van der Waals surface area contributed by atoms with Crippen LogP contribution in [0.2, 0.25) is 0 Å². The van der Waals surface area contributed by atoms with Crippen molar-refractivity contribution in [3.05, 3.63) is 0 Å². The summed E-state index contributed by atoms with van der Waals surface area (Å²) >= 11 is 3.75. The Balaban J connectivity index is 1.94. The van der Waals surface area contributed by atoms with Crippen LogP contribution >= 0.6 is 15.9 Å². The van der Waals surface area contributed by atoms with Gasteiger partial charge in [-0.25, -0.2) is 0 Å². The topological polar surface area (TPSA) is 3.24 Å². The molecule has 1 aliphatic heterocycles. The van der Waals surface area contributed by atoms with Gasteiger partial charge in [0.1, 0.15) is 0 Å². The fraction of sp³-hybridized carbons (Fsp3) is 1.00. The van der Waals surface area contributed by atoms with Crippen LogP contribution in [0, 0.1) is 11.8 Å². The molecule has 1 heterocycles. The van der Waals surface area contributed by atoms with E-state index in [1.54, 1.807) is 0 Å². The quantitative estimate of drug-likeness (QED) is 0.580. The third-order valence-electron chi connectivity index (χ3n) is 3.50. The molecule has 0 unspecified atom stereocenters. The molecule has 2 aliphatic rings. The molecule has 0 amide bonds. The average molecular weight is 232 g/mol. The Kier molecular flexibility index (Phi) is 2.75. The molecule has 1 saturated heterocycles. The molecule has 2 rings (SSSR count). The first-order valence-electron chi connectivity index (χ1n) is 5.08. The number of nitrogens with zero attached hydrogens (tertiary/aromatic N) is 1. The van der Waals surface area contributed by atoms with Crippen molar-refractivity contribution in [3.63, 3.8) is 0 Å². The molecule has 12 heavy (non-hydrogen) atoms. The highest BCUT2D eigenvalue weighted by Crippen LogP contribution is 2.38. The third-order valence-corrected chi connectivity index (χ3v) is 4.34. The summed E-state index contributed by atoms with van der Waals surface area (Å²) in [5.74, 6) is 2.04. The summed E-state index contributed by atoms with van der Waals surface area (Å²) in [5, 5.41) is 0. The molecule has 0 aromatic heterocycles. The van der Waals surface area contributed by atoms with Gasteiger partial charge in [-0.05, 0) is 51.1 Å². The molecule has 1 nitrogen and oxygen atoms in total. The van der Waals surface area contributed by atoms with Gasteiger partial charge in [-0.1, -0.05) is 15.9 Å². The first-order chi connectivity index (χ1) is 5.75. The molecular weight excluding hydrogens is 214 g/mol. The number of alkyl halides is 1. The van der Waals surface area contributed by atoms with Crippen LogP contribution in [0.5, 0.6) is 0 Å². The fourth-order valence-electron chi connectivity index (χ4n) is 2.75. The van der Waals surface area contributed by atoms with Crippen molar-refractivity contribution in [3.8, 4) is 0 Å². The van der Waals surface area contributed by atoms with E-state index >= 15 is 0 Å². The number of fused-ring (bicyclic) bond motifs is 1. The zero-order chi connectivity index (χ0) is 8.55. The minimum atomic E-state index is 0.810. The lowest BCUT2D eigenvalue weighted by atomic mass is 9.75. The lowest BCUT2D eigenvalue weighted by Gasteiger charge is -2.41. The maximum Gasteiger partial charge on any atom is 0.0149 e. The summed E-state index contributed by atoms with van der Waals surface area (Å²) in [6.45, 7) is 2.67. The molecule has 2 fully saturated rings. The van der Waals surface area contributed by atoms with Crippen LogP contribution in [0.15, 0.2) is 0 Å². The SMILES string of the molecule is CN1CC[C@@H]2CC[C@@H](Br)C[C@H]2C1. The Labute approximate surface area is 83.6 Å². The molecule has 0 radical (unpaired) electrons. The van der Waals surface area contributed by atoms with Crippen molar-refractivity contribution in [2.24, 2.45) is 11.8 Å². The highest BCUT2D eigenvalue weighted by Gasteiger charge is 2.32. The van der Waals surface area contributed by atoms with E-state index < -0.39 is 0 Å². The lowest BCUT2D eigenvalue weighted by Crippen LogP contribution is -2.41. The molecule has 0 N–H and O–H groups in total. The van der Waals surface area contributed by atoms with Gasteiger partial charge in [-0.3, -0.25) is 0 Å². The van der Waals surface area contributed by atoms with Crippen LogP contribution in [0.25, 0.3) is 0 Å². The van der Waals surface area contributed by atoms with Gasteiger partial charge in [-0.15, -0.1) is 0 Å². The van der Waals surface area contributed by atoms with Crippen molar-refractivity contribution in [1.29, 1.82) is 0 Å². The average Bonchev–Trinajstić information content (AvgIpc) is 2.03. The van der Waals surface area contributed by atoms with E-state index in [-0.39, 0.29) is 0 Å². The monoisotopic (exact) mass is 231 g/mol. The molecule has 3 atom stereocenters. The molecule has 1 saturated carbocycles. The van der Waals surface area contributed by atoms with E-state index in [1.165, 1.54) is 38.8 Å². The summed E-state index contributed by atoms with van der Waals surface area (Å²) in [4.78, 5) is 3.30. The molecule has 0 aromatic carbocycles.